The molecule has 3 rings (SSSR count). The quantitative estimate of drug-likeness (QED) is 0.935. The SMILES string of the molecule is CC(C)Oc1ccc(-c2nnc([C@@H]3CCCC[C@H]3N)o2)cc1. The summed E-state index contributed by atoms with van der Waals surface area (Å²) in [5.74, 6) is 2.25. The molecule has 0 radical (unpaired) electrons. The third kappa shape index (κ3) is 3.30. The Bertz CT molecular complexity index is 607. The maximum absolute atomic E-state index is 6.18. The zero-order chi connectivity index (χ0) is 15.5. The number of nitrogens with zero attached hydrogens (tertiary/aromatic N) is 2. The number of ether oxygens (including phenoxy) is 1. The van der Waals surface area contributed by atoms with Crippen LogP contribution in [0.15, 0.2) is 28.7 Å². The molecule has 0 aliphatic heterocycles. The molecule has 0 amide bonds. The molecule has 0 bridgehead atoms. The van der Waals surface area contributed by atoms with Crippen LogP contribution in [0.25, 0.3) is 11.5 Å². The van der Waals surface area contributed by atoms with Crippen molar-refractivity contribution in [3.05, 3.63) is 30.2 Å². The van der Waals surface area contributed by atoms with Gasteiger partial charge in [0.25, 0.3) is 0 Å². The van der Waals surface area contributed by atoms with Gasteiger partial charge in [0.05, 0.1) is 12.0 Å². The van der Waals surface area contributed by atoms with Gasteiger partial charge >= 0.3 is 0 Å². The normalized spacial score (nSPS) is 22.0. The van der Waals surface area contributed by atoms with Crippen LogP contribution < -0.4 is 10.5 Å². The monoisotopic (exact) mass is 301 g/mol. The molecule has 0 spiro atoms. The van der Waals surface area contributed by atoms with Gasteiger partial charge in [-0.25, -0.2) is 0 Å². The van der Waals surface area contributed by atoms with E-state index >= 15 is 0 Å². The lowest BCUT2D eigenvalue weighted by atomic mass is 9.85. The van der Waals surface area contributed by atoms with Crippen molar-refractivity contribution in [2.24, 2.45) is 5.73 Å². The van der Waals surface area contributed by atoms with Gasteiger partial charge in [-0.1, -0.05) is 12.8 Å². The van der Waals surface area contributed by atoms with Crippen LogP contribution in [0.1, 0.15) is 51.3 Å². The standard InChI is InChI=1S/C17H23N3O2/c1-11(2)21-13-9-7-12(8-10-13)16-19-20-17(22-16)14-5-3-4-6-15(14)18/h7-11,14-15H,3-6,18H2,1-2H3/t14-,15-/m1/s1. The number of benzene rings is 1. The van der Waals surface area contributed by atoms with E-state index < -0.39 is 0 Å². The second kappa shape index (κ2) is 6.48. The van der Waals surface area contributed by atoms with Crippen LogP contribution in [-0.2, 0) is 0 Å². The zero-order valence-corrected chi connectivity index (χ0v) is 13.2. The minimum Gasteiger partial charge on any atom is -0.491 e. The molecule has 0 unspecified atom stereocenters. The summed E-state index contributed by atoms with van der Waals surface area (Å²) in [6, 6.07) is 7.85. The highest BCUT2D eigenvalue weighted by Crippen LogP contribution is 2.32. The van der Waals surface area contributed by atoms with Crippen LogP contribution in [0.3, 0.4) is 0 Å². The molecule has 1 heterocycles. The van der Waals surface area contributed by atoms with E-state index in [1.165, 1.54) is 12.8 Å². The van der Waals surface area contributed by atoms with E-state index in [2.05, 4.69) is 10.2 Å². The number of aromatic nitrogens is 2. The van der Waals surface area contributed by atoms with Crippen LogP contribution in [0.2, 0.25) is 0 Å². The van der Waals surface area contributed by atoms with Gasteiger partial charge in [-0.2, -0.15) is 0 Å². The summed E-state index contributed by atoms with van der Waals surface area (Å²) in [5, 5.41) is 8.38. The summed E-state index contributed by atoms with van der Waals surface area (Å²) < 4.78 is 11.5. The first-order valence-electron chi connectivity index (χ1n) is 7.99. The molecule has 1 aromatic heterocycles. The number of nitrogens with two attached hydrogens (primary N) is 1. The van der Waals surface area contributed by atoms with Crippen molar-refractivity contribution >= 4 is 0 Å². The lowest BCUT2D eigenvalue weighted by Crippen LogP contribution is -2.31. The molecule has 5 nitrogen and oxygen atoms in total. The lowest BCUT2D eigenvalue weighted by Gasteiger charge is -2.25. The van der Waals surface area contributed by atoms with E-state index in [0.29, 0.717) is 11.8 Å². The second-order valence-corrected chi connectivity index (χ2v) is 6.19. The Kier molecular flexibility index (Phi) is 4.43. The van der Waals surface area contributed by atoms with Crippen LogP contribution in [-0.4, -0.2) is 22.3 Å². The van der Waals surface area contributed by atoms with Crippen molar-refractivity contribution in [1.29, 1.82) is 0 Å². The summed E-state index contributed by atoms with van der Waals surface area (Å²) in [4.78, 5) is 0. The Balaban J connectivity index is 1.75. The van der Waals surface area contributed by atoms with Gasteiger partial charge in [-0.3, -0.25) is 0 Å². The van der Waals surface area contributed by atoms with Gasteiger partial charge in [0.15, 0.2) is 0 Å². The number of hydrogen-bond acceptors (Lipinski definition) is 5. The minimum atomic E-state index is 0.129. The minimum absolute atomic E-state index is 0.129. The number of hydrogen-bond donors (Lipinski definition) is 1. The third-order valence-corrected chi connectivity index (χ3v) is 4.05. The van der Waals surface area contributed by atoms with Gasteiger partial charge in [-0.05, 0) is 51.0 Å². The fourth-order valence-electron chi connectivity index (χ4n) is 2.92. The Hall–Kier alpha value is -1.88. The molecular formula is C17H23N3O2. The Morgan fingerprint density at radius 3 is 2.55 bits per heavy atom. The highest BCUT2D eigenvalue weighted by atomic mass is 16.5. The van der Waals surface area contributed by atoms with Gasteiger partial charge in [0.1, 0.15) is 5.75 Å². The van der Waals surface area contributed by atoms with Crippen LogP contribution in [0, 0.1) is 0 Å². The van der Waals surface area contributed by atoms with Crippen molar-refractivity contribution in [3.63, 3.8) is 0 Å². The molecule has 0 saturated heterocycles. The van der Waals surface area contributed by atoms with Gasteiger partial charge in [0, 0.05) is 11.6 Å². The van der Waals surface area contributed by atoms with Crippen molar-refractivity contribution in [1.82, 2.24) is 10.2 Å². The summed E-state index contributed by atoms with van der Waals surface area (Å²) in [7, 11) is 0. The van der Waals surface area contributed by atoms with E-state index in [-0.39, 0.29) is 18.1 Å². The maximum atomic E-state index is 6.18. The summed E-state index contributed by atoms with van der Waals surface area (Å²) in [6.07, 6.45) is 4.59. The predicted octanol–water partition coefficient (Wildman–Crippen LogP) is 3.51. The molecular weight excluding hydrogens is 278 g/mol. The average Bonchev–Trinajstić information content (AvgIpc) is 2.97. The molecule has 22 heavy (non-hydrogen) atoms. The molecule has 1 saturated carbocycles. The number of rotatable bonds is 4. The molecule has 1 aromatic carbocycles. The van der Waals surface area contributed by atoms with E-state index in [1.54, 1.807) is 0 Å². The van der Waals surface area contributed by atoms with Crippen molar-refractivity contribution < 1.29 is 9.15 Å². The topological polar surface area (TPSA) is 74.2 Å². The second-order valence-electron chi connectivity index (χ2n) is 6.19. The van der Waals surface area contributed by atoms with Crippen molar-refractivity contribution in [2.45, 2.75) is 57.6 Å². The molecule has 2 aromatic rings. The highest BCUT2D eigenvalue weighted by Gasteiger charge is 2.28. The summed E-state index contributed by atoms with van der Waals surface area (Å²) in [5.41, 5.74) is 7.08. The molecule has 5 heteroatoms. The Morgan fingerprint density at radius 1 is 1.14 bits per heavy atom. The third-order valence-electron chi connectivity index (χ3n) is 4.05. The molecule has 2 atom stereocenters. The fourth-order valence-corrected chi connectivity index (χ4v) is 2.92. The van der Waals surface area contributed by atoms with Crippen molar-refractivity contribution in [3.8, 4) is 17.2 Å². The van der Waals surface area contributed by atoms with Crippen molar-refractivity contribution in [2.75, 3.05) is 0 Å². The van der Waals surface area contributed by atoms with Crippen LogP contribution in [0.5, 0.6) is 5.75 Å². The van der Waals surface area contributed by atoms with Gasteiger partial charge in [-0.15, -0.1) is 10.2 Å². The summed E-state index contributed by atoms with van der Waals surface area (Å²) in [6.45, 7) is 4.01. The fraction of sp³-hybridized carbons (Fsp3) is 0.529. The summed E-state index contributed by atoms with van der Waals surface area (Å²) >= 11 is 0. The largest absolute Gasteiger partial charge is 0.491 e. The molecule has 1 aliphatic rings. The lowest BCUT2D eigenvalue weighted by molar-refractivity contribution is 0.242. The zero-order valence-electron chi connectivity index (χ0n) is 13.2. The molecule has 1 aliphatic carbocycles. The molecule has 1 fully saturated rings. The van der Waals surface area contributed by atoms with E-state index in [0.717, 1.165) is 24.2 Å². The first kappa shape index (κ1) is 15.0. The first-order chi connectivity index (χ1) is 10.6. The van der Waals surface area contributed by atoms with Gasteiger partial charge < -0.3 is 14.9 Å². The van der Waals surface area contributed by atoms with E-state index in [4.69, 9.17) is 14.9 Å². The Labute approximate surface area is 130 Å². The smallest absolute Gasteiger partial charge is 0.247 e. The molecule has 2 N–H and O–H groups in total. The Morgan fingerprint density at radius 2 is 1.86 bits per heavy atom. The predicted molar refractivity (Wildman–Crippen MR) is 84.7 cm³/mol. The maximum Gasteiger partial charge on any atom is 0.247 e. The van der Waals surface area contributed by atoms with Gasteiger partial charge in [0.2, 0.25) is 11.8 Å². The molecule has 118 valence electrons. The van der Waals surface area contributed by atoms with E-state index in [9.17, 15) is 0 Å². The van der Waals surface area contributed by atoms with Crippen LogP contribution >= 0.6 is 0 Å². The first-order valence-corrected chi connectivity index (χ1v) is 7.99. The average molecular weight is 301 g/mol. The highest BCUT2D eigenvalue weighted by molar-refractivity contribution is 5.54. The van der Waals surface area contributed by atoms with Crippen LogP contribution in [0.4, 0.5) is 0 Å². The van der Waals surface area contributed by atoms with E-state index in [1.807, 2.05) is 38.1 Å².